The summed E-state index contributed by atoms with van der Waals surface area (Å²) in [6.07, 6.45) is 0. The number of furan rings is 1. The van der Waals surface area contributed by atoms with Gasteiger partial charge in [-0.3, -0.25) is 0 Å². The Morgan fingerprint density at radius 3 is 2.75 bits per heavy atom. The van der Waals surface area contributed by atoms with Crippen molar-refractivity contribution in [3.05, 3.63) is 46.5 Å². The van der Waals surface area contributed by atoms with Crippen LogP contribution in [0.1, 0.15) is 11.5 Å². The van der Waals surface area contributed by atoms with Crippen LogP contribution in [0.4, 0.5) is 5.82 Å². The largest absolute Gasteiger partial charge is 0.464 e. The summed E-state index contributed by atoms with van der Waals surface area (Å²) in [7, 11) is 1.99. The van der Waals surface area contributed by atoms with Crippen LogP contribution in [0.25, 0.3) is 0 Å². The van der Waals surface area contributed by atoms with Gasteiger partial charge in [0.2, 0.25) is 0 Å². The fraction of sp³-hybridized carbons (Fsp3) is 0.250. The molecule has 0 radical (unpaired) electrons. The zero-order valence-corrected chi connectivity index (χ0v) is 10.9. The molecule has 4 heteroatoms. The van der Waals surface area contributed by atoms with E-state index in [1.807, 2.05) is 49.2 Å². The third-order valence-corrected chi connectivity index (χ3v) is 2.72. The first kappa shape index (κ1) is 11.2. The minimum atomic E-state index is 0.720. The second kappa shape index (κ2) is 4.70. The Kier molecular flexibility index (Phi) is 3.29. The molecule has 0 aliphatic heterocycles. The van der Waals surface area contributed by atoms with Crippen LogP contribution in [0.3, 0.4) is 0 Å². The first-order chi connectivity index (χ1) is 7.65. The van der Waals surface area contributed by atoms with Gasteiger partial charge in [-0.25, -0.2) is 4.98 Å². The molecule has 2 heterocycles. The summed E-state index contributed by atoms with van der Waals surface area (Å²) in [5.74, 6) is 2.80. The lowest BCUT2D eigenvalue weighted by Crippen LogP contribution is -2.17. The molecule has 0 spiro atoms. The number of hydrogen-bond donors (Lipinski definition) is 0. The zero-order chi connectivity index (χ0) is 11.5. The minimum absolute atomic E-state index is 0.720. The lowest BCUT2D eigenvalue weighted by Gasteiger charge is -2.16. The van der Waals surface area contributed by atoms with Crippen molar-refractivity contribution in [2.75, 3.05) is 11.9 Å². The van der Waals surface area contributed by atoms with Crippen molar-refractivity contribution in [2.24, 2.45) is 0 Å². The van der Waals surface area contributed by atoms with Crippen LogP contribution >= 0.6 is 15.9 Å². The highest BCUT2D eigenvalue weighted by molar-refractivity contribution is 9.10. The van der Waals surface area contributed by atoms with Crippen LogP contribution in [-0.2, 0) is 6.54 Å². The van der Waals surface area contributed by atoms with Gasteiger partial charge in [0, 0.05) is 7.05 Å². The Morgan fingerprint density at radius 1 is 1.31 bits per heavy atom. The molecule has 16 heavy (non-hydrogen) atoms. The summed E-state index contributed by atoms with van der Waals surface area (Å²) in [4.78, 5) is 6.42. The first-order valence-corrected chi connectivity index (χ1v) is 5.83. The Bertz CT molecular complexity index is 481. The summed E-state index contributed by atoms with van der Waals surface area (Å²) < 4.78 is 6.36. The molecule has 2 aromatic heterocycles. The second-order valence-electron chi connectivity index (χ2n) is 3.69. The van der Waals surface area contributed by atoms with E-state index < -0.39 is 0 Å². The average Bonchev–Trinajstić information content (AvgIpc) is 2.64. The van der Waals surface area contributed by atoms with E-state index in [-0.39, 0.29) is 0 Å². The summed E-state index contributed by atoms with van der Waals surface area (Å²) in [6, 6.07) is 9.81. The third kappa shape index (κ3) is 2.64. The second-order valence-corrected chi connectivity index (χ2v) is 4.50. The normalized spacial score (nSPS) is 10.4. The van der Waals surface area contributed by atoms with Crippen molar-refractivity contribution in [1.82, 2.24) is 4.98 Å². The number of aromatic nitrogens is 1. The molecular formula is C12H13BrN2O. The Morgan fingerprint density at radius 2 is 2.12 bits per heavy atom. The number of nitrogens with zero attached hydrogens (tertiary/aromatic N) is 2. The molecule has 0 bridgehead atoms. The quantitative estimate of drug-likeness (QED) is 0.808. The predicted octanol–water partition coefficient (Wildman–Crippen LogP) is 3.38. The molecular weight excluding hydrogens is 268 g/mol. The topological polar surface area (TPSA) is 29.3 Å². The van der Waals surface area contributed by atoms with Crippen LogP contribution in [-0.4, -0.2) is 12.0 Å². The molecule has 0 aliphatic carbocycles. The van der Waals surface area contributed by atoms with Crippen molar-refractivity contribution < 1.29 is 4.42 Å². The molecule has 2 aromatic rings. The molecule has 0 saturated carbocycles. The van der Waals surface area contributed by atoms with Crippen LogP contribution < -0.4 is 4.90 Å². The molecule has 3 nitrogen and oxygen atoms in total. The van der Waals surface area contributed by atoms with Gasteiger partial charge in [-0.05, 0) is 47.1 Å². The highest BCUT2D eigenvalue weighted by Crippen LogP contribution is 2.16. The molecule has 2 rings (SSSR count). The van der Waals surface area contributed by atoms with Gasteiger partial charge in [0.15, 0.2) is 0 Å². The van der Waals surface area contributed by atoms with E-state index in [1.54, 1.807) is 0 Å². The van der Waals surface area contributed by atoms with Crippen LogP contribution in [0.2, 0.25) is 0 Å². The standard InChI is InChI=1S/C12H13BrN2O/c1-9-6-7-10(16-9)8-15(2)12-5-3-4-11(13)14-12/h3-7H,8H2,1-2H3. The lowest BCUT2D eigenvalue weighted by atomic mass is 10.4. The Balaban J connectivity index is 2.11. The predicted molar refractivity (Wildman–Crippen MR) is 67.5 cm³/mol. The first-order valence-electron chi connectivity index (χ1n) is 5.04. The number of hydrogen-bond acceptors (Lipinski definition) is 3. The molecule has 0 aliphatic rings. The van der Waals surface area contributed by atoms with Gasteiger partial charge in [-0.1, -0.05) is 6.07 Å². The van der Waals surface area contributed by atoms with E-state index in [0.29, 0.717) is 0 Å². The maximum absolute atomic E-state index is 5.52. The molecule has 0 atom stereocenters. The number of halogens is 1. The van der Waals surface area contributed by atoms with E-state index in [9.17, 15) is 0 Å². The van der Waals surface area contributed by atoms with Gasteiger partial charge in [0.25, 0.3) is 0 Å². The van der Waals surface area contributed by atoms with E-state index in [4.69, 9.17) is 4.42 Å². The molecule has 0 aromatic carbocycles. The van der Waals surface area contributed by atoms with Crippen LogP contribution in [0.5, 0.6) is 0 Å². The molecule has 0 unspecified atom stereocenters. The number of aryl methyl sites for hydroxylation is 1. The summed E-state index contributed by atoms with van der Waals surface area (Å²) in [5.41, 5.74) is 0. The number of pyridine rings is 1. The van der Waals surface area contributed by atoms with E-state index >= 15 is 0 Å². The van der Waals surface area contributed by atoms with Crippen LogP contribution in [0.15, 0.2) is 39.4 Å². The molecule has 0 N–H and O–H groups in total. The van der Waals surface area contributed by atoms with E-state index in [0.717, 1.165) is 28.5 Å². The van der Waals surface area contributed by atoms with Gasteiger partial charge < -0.3 is 9.32 Å². The van der Waals surface area contributed by atoms with E-state index in [2.05, 4.69) is 20.9 Å². The molecule has 0 amide bonds. The van der Waals surface area contributed by atoms with Crippen molar-refractivity contribution >= 4 is 21.7 Å². The summed E-state index contributed by atoms with van der Waals surface area (Å²) in [5, 5.41) is 0. The molecule has 84 valence electrons. The molecule has 0 saturated heterocycles. The number of anilines is 1. The zero-order valence-electron chi connectivity index (χ0n) is 9.27. The minimum Gasteiger partial charge on any atom is -0.464 e. The molecule has 0 fully saturated rings. The van der Waals surface area contributed by atoms with Gasteiger partial charge >= 0.3 is 0 Å². The van der Waals surface area contributed by atoms with Gasteiger partial charge in [-0.15, -0.1) is 0 Å². The number of rotatable bonds is 3. The van der Waals surface area contributed by atoms with Crippen molar-refractivity contribution in [2.45, 2.75) is 13.5 Å². The lowest BCUT2D eigenvalue weighted by molar-refractivity contribution is 0.481. The summed E-state index contributed by atoms with van der Waals surface area (Å²) in [6.45, 7) is 2.66. The van der Waals surface area contributed by atoms with Crippen molar-refractivity contribution in [1.29, 1.82) is 0 Å². The maximum atomic E-state index is 5.52. The SMILES string of the molecule is Cc1ccc(CN(C)c2cccc(Br)n2)o1. The monoisotopic (exact) mass is 280 g/mol. The Labute approximate surface area is 103 Å². The average molecular weight is 281 g/mol. The highest BCUT2D eigenvalue weighted by Gasteiger charge is 2.06. The van der Waals surface area contributed by atoms with Crippen molar-refractivity contribution in [3.63, 3.8) is 0 Å². The van der Waals surface area contributed by atoms with Crippen molar-refractivity contribution in [3.8, 4) is 0 Å². The van der Waals surface area contributed by atoms with Gasteiger partial charge in [-0.2, -0.15) is 0 Å². The highest BCUT2D eigenvalue weighted by atomic mass is 79.9. The van der Waals surface area contributed by atoms with E-state index in [1.165, 1.54) is 0 Å². The fourth-order valence-electron chi connectivity index (χ4n) is 1.50. The fourth-order valence-corrected chi connectivity index (χ4v) is 1.83. The van der Waals surface area contributed by atoms with Crippen LogP contribution in [0, 0.1) is 6.92 Å². The van der Waals surface area contributed by atoms with Gasteiger partial charge in [0.1, 0.15) is 21.9 Å². The third-order valence-electron chi connectivity index (χ3n) is 2.28. The summed E-state index contributed by atoms with van der Waals surface area (Å²) >= 11 is 3.36. The maximum Gasteiger partial charge on any atom is 0.129 e. The Hall–Kier alpha value is -1.29. The smallest absolute Gasteiger partial charge is 0.129 e. The van der Waals surface area contributed by atoms with Gasteiger partial charge in [0.05, 0.1) is 6.54 Å².